The molecule has 2 aliphatic rings. The summed E-state index contributed by atoms with van der Waals surface area (Å²) in [5.74, 6) is -0.432. The SMILES string of the molecule is CC/C=C\C/C=C\CC.CCCC.CCCCCC(=O)OC1CC(O)CC(OC(=O)C2CCN(C)CC2)C1. The standard InChI is InChI=1S/C19H33NO5.C9H16.C4H10/c1-3-4-5-6-18(22)24-16-11-15(21)12-17(13-16)25-19(23)14-7-9-20(2)10-8-14;1-3-5-7-9-8-6-4-2;1-3-4-2/h14-17,21H,3-13H2,1-2H3;5-8H,3-4,9H2,1-2H3;3-4H2,1-2H3/b;7-5-,8-6-;. The van der Waals surface area contributed by atoms with E-state index in [1.807, 2.05) is 0 Å². The summed E-state index contributed by atoms with van der Waals surface area (Å²) in [6.07, 6.45) is 19.9. The first kappa shape index (κ1) is 36.3. The highest BCUT2D eigenvalue weighted by Crippen LogP contribution is 2.27. The molecule has 2 fully saturated rings. The summed E-state index contributed by atoms with van der Waals surface area (Å²) in [5.41, 5.74) is 0. The third-order valence-electron chi connectivity index (χ3n) is 6.79. The zero-order valence-corrected chi connectivity index (χ0v) is 25.5. The van der Waals surface area contributed by atoms with Gasteiger partial charge in [0, 0.05) is 25.7 Å². The van der Waals surface area contributed by atoms with Crippen molar-refractivity contribution in [3.05, 3.63) is 24.3 Å². The number of aliphatic hydroxyl groups excluding tert-OH is 1. The number of carbonyl (C=O) groups is 2. The van der Waals surface area contributed by atoms with Crippen LogP contribution in [-0.4, -0.2) is 60.4 Å². The lowest BCUT2D eigenvalue weighted by atomic mass is 9.91. The Bertz CT molecular complexity index is 626. The molecule has 0 amide bonds. The Morgan fingerprint density at radius 1 is 0.789 bits per heavy atom. The number of piperidine rings is 1. The van der Waals surface area contributed by atoms with E-state index in [0.717, 1.165) is 64.5 Å². The number of rotatable bonds is 12. The van der Waals surface area contributed by atoms with E-state index in [9.17, 15) is 14.7 Å². The van der Waals surface area contributed by atoms with Crippen LogP contribution in [0.15, 0.2) is 24.3 Å². The molecule has 38 heavy (non-hydrogen) atoms. The van der Waals surface area contributed by atoms with Gasteiger partial charge in [0.1, 0.15) is 12.2 Å². The van der Waals surface area contributed by atoms with E-state index in [1.165, 1.54) is 12.8 Å². The van der Waals surface area contributed by atoms with Crippen LogP contribution in [0.2, 0.25) is 0 Å². The number of nitrogens with zero attached hydrogens (tertiary/aromatic N) is 1. The van der Waals surface area contributed by atoms with Gasteiger partial charge < -0.3 is 19.5 Å². The van der Waals surface area contributed by atoms with Crippen LogP contribution in [0.25, 0.3) is 0 Å². The van der Waals surface area contributed by atoms with Crippen molar-refractivity contribution in [3.63, 3.8) is 0 Å². The van der Waals surface area contributed by atoms with Crippen molar-refractivity contribution < 1.29 is 24.2 Å². The van der Waals surface area contributed by atoms with Gasteiger partial charge in [0.25, 0.3) is 0 Å². The molecule has 1 aliphatic carbocycles. The van der Waals surface area contributed by atoms with Crippen molar-refractivity contribution in [2.75, 3.05) is 20.1 Å². The number of allylic oxidation sites excluding steroid dienone is 4. The first-order valence-corrected chi connectivity index (χ1v) is 15.4. The van der Waals surface area contributed by atoms with Gasteiger partial charge in [0.05, 0.1) is 12.0 Å². The monoisotopic (exact) mass is 537 g/mol. The van der Waals surface area contributed by atoms with E-state index >= 15 is 0 Å². The second-order valence-electron chi connectivity index (χ2n) is 10.6. The zero-order valence-electron chi connectivity index (χ0n) is 25.5. The molecule has 0 spiro atoms. The molecular weight excluding hydrogens is 478 g/mol. The Balaban J connectivity index is 0.000000875. The normalized spacial score (nSPS) is 22.3. The number of ether oxygens (including phenoxy) is 2. The van der Waals surface area contributed by atoms with Crippen molar-refractivity contribution in [2.45, 2.75) is 143 Å². The molecule has 0 aromatic heterocycles. The molecule has 0 aromatic carbocycles. The number of hydrogen-bond donors (Lipinski definition) is 1. The van der Waals surface area contributed by atoms with E-state index in [4.69, 9.17) is 9.47 Å². The highest BCUT2D eigenvalue weighted by Gasteiger charge is 2.34. The smallest absolute Gasteiger partial charge is 0.309 e. The summed E-state index contributed by atoms with van der Waals surface area (Å²) in [6, 6.07) is 0. The number of carbonyl (C=O) groups excluding carboxylic acids is 2. The molecule has 3 unspecified atom stereocenters. The molecule has 1 saturated carbocycles. The molecule has 1 aliphatic heterocycles. The van der Waals surface area contributed by atoms with Crippen molar-refractivity contribution >= 4 is 11.9 Å². The third kappa shape index (κ3) is 19.4. The van der Waals surface area contributed by atoms with Gasteiger partial charge in [0.2, 0.25) is 0 Å². The van der Waals surface area contributed by atoms with Crippen molar-refractivity contribution in [1.29, 1.82) is 0 Å². The Morgan fingerprint density at radius 3 is 1.84 bits per heavy atom. The maximum atomic E-state index is 12.4. The number of likely N-dealkylation sites (tertiary alicyclic amines) is 1. The highest BCUT2D eigenvalue weighted by atomic mass is 16.6. The summed E-state index contributed by atoms with van der Waals surface area (Å²) in [6.45, 7) is 12.6. The number of aliphatic hydroxyl groups is 1. The van der Waals surface area contributed by atoms with E-state index in [0.29, 0.717) is 25.7 Å². The molecule has 6 heteroatoms. The fourth-order valence-corrected chi connectivity index (χ4v) is 4.25. The molecule has 3 atom stereocenters. The van der Waals surface area contributed by atoms with Crippen molar-refractivity contribution in [3.8, 4) is 0 Å². The van der Waals surface area contributed by atoms with Crippen molar-refractivity contribution in [2.24, 2.45) is 5.92 Å². The van der Waals surface area contributed by atoms with Crippen LogP contribution in [-0.2, 0) is 19.1 Å². The number of unbranched alkanes of at least 4 members (excludes halogenated alkanes) is 3. The van der Waals surface area contributed by atoms with Gasteiger partial charge >= 0.3 is 11.9 Å². The molecule has 222 valence electrons. The van der Waals surface area contributed by atoms with Crippen LogP contribution in [0, 0.1) is 5.92 Å². The van der Waals surface area contributed by atoms with E-state index in [1.54, 1.807) is 0 Å². The van der Waals surface area contributed by atoms with Crippen LogP contribution >= 0.6 is 0 Å². The number of hydrogen-bond acceptors (Lipinski definition) is 6. The maximum absolute atomic E-state index is 12.4. The fraction of sp³-hybridized carbons (Fsp3) is 0.812. The van der Waals surface area contributed by atoms with Gasteiger partial charge in [-0.3, -0.25) is 9.59 Å². The molecule has 0 aromatic rings. The second-order valence-corrected chi connectivity index (χ2v) is 10.6. The van der Waals surface area contributed by atoms with Gasteiger partial charge in [-0.2, -0.15) is 0 Å². The third-order valence-corrected chi connectivity index (χ3v) is 6.79. The Kier molecular flexibility index (Phi) is 23.3. The predicted octanol–water partition coefficient (Wildman–Crippen LogP) is 7.39. The molecule has 1 saturated heterocycles. The Hall–Kier alpha value is -1.66. The minimum absolute atomic E-state index is 0.0506. The quantitative estimate of drug-likeness (QED) is 0.159. The van der Waals surface area contributed by atoms with Crippen LogP contribution in [0.3, 0.4) is 0 Å². The van der Waals surface area contributed by atoms with Gasteiger partial charge in [-0.1, -0.05) is 84.6 Å². The van der Waals surface area contributed by atoms with E-state index in [2.05, 4.69) is 70.9 Å². The minimum atomic E-state index is -0.586. The summed E-state index contributed by atoms with van der Waals surface area (Å²) >= 11 is 0. The lowest BCUT2D eigenvalue weighted by Crippen LogP contribution is -2.40. The summed E-state index contributed by atoms with van der Waals surface area (Å²) in [5, 5.41) is 10.0. The lowest BCUT2D eigenvalue weighted by Gasteiger charge is -2.33. The first-order valence-electron chi connectivity index (χ1n) is 15.4. The topological polar surface area (TPSA) is 76.1 Å². The zero-order chi connectivity index (χ0) is 28.6. The average Bonchev–Trinajstić information content (AvgIpc) is 2.89. The first-order chi connectivity index (χ1) is 18.3. The lowest BCUT2D eigenvalue weighted by molar-refractivity contribution is -0.166. The molecule has 0 bridgehead atoms. The molecule has 1 N–H and O–H groups in total. The van der Waals surface area contributed by atoms with Crippen LogP contribution in [0.4, 0.5) is 0 Å². The maximum Gasteiger partial charge on any atom is 0.309 e. The molecule has 0 radical (unpaired) electrons. The van der Waals surface area contributed by atoms with Crippen LogP contribution in [0.1, 0.15) is 125 Å². The van der Waals surface area contributed by atoms with Crippen LogP contribution < -0.4 is 0 Å². The predicted molar refractivity (Wildman–Crippen MR) is 158 cm³/mol. The summed E-state index contributed by atoms with van der Waals surface area (Å²) < 4.78 is 11.1. The molecular formula is C32H59NO5. The minimum Gasteiger partial charge on any atom is -0.462 e. The average molecular weight is 538 g/mol. The second kappa shape index (κ2) is 24.4. The Morgan fingerprint density at radius 2 is 1.34 bits per heavy atom. The summed E-state index contributed by atoms with van der Waals surface area (Å²) in [4.78, 5) is 26.4. The van der Waals surface area contributed by atoms with E-state index in [-0.39, 0.29) is 30.1 Å². The van der Waals surface area contributed by atoms with Gasteiger partial charge in [-0.15, -0.1) is 0 Å². The van der Waals surface area contributed by atoms with Crippen molar-refractivity contribution in [1.82, 2.24) is 4.90 Å². The molecule has 1 heterocycles. The van der Waals surface area contributed by atoms with E-state index < -0.39 is 6.10 Å². The largest absolute Gasteiger partial charge is 0.462 e. The van der Waals surface area contributed by atoms with Crippen LogP contribution in [0.5, 0.6) is 0 Å². The van der Waals surface area contributed by atoms with Gasteiger partial charge in [0.15, 0.2) is 0 Å². The highest BCUT2D eigenvalue weighted by molar-refractivity contribution is 5.72. The number of esters is 2. The molecule has 2 rings (SSSR count). The Labute approximate surface area is 234 Å². The molecule has 6 nitrogen and oxygen atoms in total. The van der Waals surface area contributed by atoms with Gasteiger partial charge in [-0.25, -0.2) is 0 Å². The van der Waals surface area contributed by atoms with Gasteiger partial charge in [-0.05, 0) is 58.7 Å². The fourth-order valence-electron chi connectivity index (χ4n) is 4.25. The summed E-state index contributed by atoms with van der Waals surface area (Å²) in [7, 11) is 2.05.